The summed E-state index contributed by atoms with van der Waals surface area (Å²) in [5, 5.41) is 0. The zero-order chi connectivity index (χ0) is 58.0. The first-order valence-electron chi connectivity index (χ1n) is 28.3. The number of hydrogen-bond donors (Lipinski definition) is 0. The maximum Gasteiger partial charge on any atom is -1.00 e. The van der Waals surface area contributed by atoms with Crippen LogP contribution in [0.15, 0.2) is 157 Å². The summed E-state index contributed by atoms with van der Waals surface area (Å²) >= 11 is 3.01. The van der Waals surface area contributed by atoms with Crippen LogP contribution in [-0.4, -0.2) is 6.41 Å². The van der Waals surface area contributed by atoms with E-state index in [1.54, 1.807) is 0 Å². The number of halogens is 2. The van der Waals surface area contributed by atoms with Crippen molar-refractivity contribution in [2.45, 2.75) is 186 Å². The van der Waals surface area contributed by atoms with Crippen LogP contribution in [0, 0.1) is 35.1 Å². The monoisotopic (exact) mass is 1250 g/mol. The fourth-order valence-electron chi connectivity index (χ4n) is 9.18. The van der Waals surface area contributed by atoms with Gasteiger partial charge in [-0.3, -0.25) is 12.2 Å². The van der Waals surface area contributed by atoms with Gasteiger partial charge in [-0.1, -0.05) is 205 Å². The Kier molecular flexibility index (Phi) is 26.3. The van der Waals surface area contributed by atoms with Crippen LogP contribution in [0.2, 0.25) is 0 Å². The van der Waals surface area contributed by atoms with Gasteiger partial charge in [-0.25, -0.2) is 12.2 Å². The first-order chi connectivity index (χ1) is 36.1. The van der Waals surface area contributed by atoms with Crippen LogP contribution in [0.25, 0.3) is 22.3 Å². The molecule has 0 nitrogen and oxygen atoms in total. The van der Waals surface area contributed by atoms with E-state index in [4.69, 9.17) is 0 Å². The molecule has 0 atom stereocenters. The first kappa shape index (κ1) is 70.6. The Hall–Kier alpha value is -3.63. The Morgan fingerprint density at radius 3 is 0.900 bits per heavy atom. The maximum atomic E-state index is 3.53. The zero-order valence-corrected chi connectivity index (χ0v) is 58.9. The quantitative estimate of drug-likeness (QED) is 0.151. The van der Waals surface area contributed by atoms with E-state index in [-0.39, 0.29) is 46.5 Å². The van der Waals surface area contributed by atoms with Gasteiger partial charge in [0.1, 0.15) is 0 Å². The Labute approximate surface area is 530 Å². The van der Waals surface area contributed by atoms with E-state index in [9.17, 15) is 0 Å². The molecule has 0 bridgehead atoms. The van der Waals surface area contributed by atoms with Gasteiger partial charge in [0.25, 0.3) is 0 Å². The van der Waals surface area contributed by atoms with Crippen molar-refractivity contribution in [1.82, 2.24) is 0 Å². The minimum absolute atomic E-state index is 0. The van der Waals surface area contributed by atoms with Crippen LogP contribution >= 0.6 is 0 Å². The van der Waals surface area contributed by atoms with Crippen LogP contribution in [-0.2, 0) is 83.0 Å². The number of fused-ring (bicyclic) bond motifs is 6. The van der Waals surface area contributed by atoms with Crippen molar-refractivity contribution in [2.75, 3.05) is 0 Å². The predicted octanol–water partition coefficient (Wildman–Crippen LogP) is 14.3. The molecule has 4 aliphatic rings. The topological polar surface area (TPSA) is 0 Å². The Morgan fingerprint density at radius 1 is 0.375 bits per heavy atom. The molecule has 0 saturated carbocycles. The van der Waals surface area contributed by atoms with Crippen molar-refractivity contribution in [3.05, 3.63) is 237 Å². The van der Waals surface area contributed by atoms with Gasteiger partial charge >= 0.3 is 141 Å². The van der Waals surface area contributed by atoms with E-state index >= 15 is 0 Å². The fourth-order valence-corrected chi connectivity index (χ4v) is 10.0. The first-order valence-corrected chi connectivity index (χ1v) is 30.7. The molecule has 0 heterocycles. The summed E-state index contributed by atoms with van der Waals surface area (Å²) in [6.45, 7) is 45.0. The second kappa shape index (κ2) is 29.7. The molecular weight excluding hydrogens is 1170 g/mol. The van der Waals surface area contributed by atoms with Gasteiger partial charge in [-0.2, -0.15) is 82.0 Å². The van der Waals surface area contributed by atoms with E-state index in [2.05, 4.69) is 296 Å². The molecule has 6 aromatic rings. The molecule has 420 valence electrons. The third kappa shape index (κ3) is 20.9. The van der Waals surface area contributed by atoms with Gasteiger partial charge < -0.3 is 24.8 Å². The number of allylic oxidation sites excluding steroid dienone is 8. The van der Waals surface area contributed by atoms with E-state index in [1.165, 1.54) is 144 Å². The summed E-state index contributed by atoms with van der Waals surface area (Å²) in [6.07, 6.45) is 19.1. The number of hydrogen-bond acceptors (Lipinski definition) is 0. The molecule has 10 rings (SSSR count). The molecule has 0 N–H and O–H groups in total. The Morgan fingerprint density at radius 2 is 0.675 bits per heavy atom. The van der Waals surface area contributed by atoms with Gasteiger partial charge in [0, 0.05) is 0 Å². The molecule has 0 spiro atoms. The van der Waals surface area contributed by atoms with Crippen molar-refractivity contribution >= 4 is 6.41 Å². The van der Waals surface area contributed by atoms with Crippen molar-refractivity contribution < 1.29 is 73.3 Å². The molecule has 0 fully saturated rings. The smallest absolute Gasteiger partial charge is 1.00 e. The fraction of sp³-hybridized carbons (Fsp3) is 0.395. The summed E-state index contributed by atoms with van der Waals surface area (Å²) < 4.78 is 2.92. The third-order valence-electron chi connectivity index (χ3n) is 14.6. The number of benzene rings is 6. The summed E-state index contributed by atoms with van der Waals surface area (Å²) in [4.78, 5) is 0. The van der Waals surface area contributed by atoms with Gasteiger partial charge in [0.15, 0.2) is 0 Å². The normalized spacial score (nSPS) is 13.6. The molecule has 80 heavy (non-hydrogen) atoms. The van der Waals surface area contributed by atoms with Crippen molar-refractivity contribution in [3.63, 3.8) is 0 Å². The van der Waals surface area contributed by atoms with Gasteiger partial charge in [-0.15, -0.1) is 24.0 Å². The summed E-state index contributed by atoms with van der Waals surface area (Å²) in [6, 6.07) is 51.1. The average Bonchev–Trinajstić information content (AvgIpc) is 4.21. The van der Waals surface area contributed by atoms with Crippen molar-refractivity contribution in [2.24, 2.45) is 10.8 Å². The molecule has 0 aliphatic heterocycles. The molecular formula is C76H92Cl2Zr2-2. The molecule has 6 aromatic carbocycles. The second-order valence-electron chi connectivity index (χ2n) is 27.6. The summed E-state index contributed by atoms with van der Waals surface area (Å²) in [5.41, 5.74) is 23.7. The molecule has 0 saturated heterocycles. The predicted molar refractivity (Wildman–Crippen MR) is 334 cm³/mol. The van der Waals surface area contributed by atoms with E-state index in [1.807, 2.05) is 12.1 Å². The minimum atomic E-state index is 0. The van der Waals surface area contributed by atoms with E-state index < -0.39 is 0 Å². The van der Waals surface area contributed by atoms with E-state index in [0.717, 1.165) is 25.7 Å². The maximum absolute atomic E-state index is 3.53. The van der Waals surface area contributed by atoms with E-state index in [0.29, 0.717) is 10.8 Å². The van der Waals surface area contributed by atoms with Crippen LogP contribution in [0.5, 0.6) is 0 Å². The van der Waals surface area contributed by atoms with Gasteiger partial charge in [0.05, 0.1) is 0 Å². The van der Waals surface area contributed by atoms with Crippen LogP contribution < -0.4 is 24.8 Å². The SMILES string of the molecule is CC(C)(C)C1=CC[C-]=C1.CC(C)(C)C1=CC[C-]=C1.CC(C)(C)c1c[c-]c2c(c1)-c1cc(C(C)(C)C)ccc1C2.CC(C)(C)c1c[c-]c2c(c1)-c1cc(C(C)(C)C)ccc1C2.C[C](=[Zr+2])c1ccccc1.C[C](=[Zr+2])c1ccccc1.[Cl-].[Cl-]. The van der Waals surface area contributed by atoms with Gasteiger partial charge in [0.2, 0.25) is 0 Å². The zero-order valence-electron chi connectivity index (χ0n) is 52.4. The Balaban J connectivity index is 0.000000264. The van der Waals surface area contributed by atoms with Crippen molar-refractivity contribution in [3.8, 4) is 22.3 Å². The standard InChI is InChI=1S/2C21H25.2C9H13.2C8H8.2ClH.2Zr/c2*1-20(2,3)16-9-7-14-11-15-8-10-17(21(4,5)6)13-19(15)18(14)12-16;2*1-9(2,3)8-6-4-5-7-8;2*1-2-8-6-4-3-5-7-8;;;;/h2*7,9-10,12-13H,11H2,1-6H3;2*6-7H,4H2,1-3H3;2*3-7H,1H3;2*1H;;/q4*-1;;;;;2*+2/p-2. The minimum Gasteiger partial charge on any atom is -1.00 e. The molecule has 0 unspecified atom stereocenters. The Bertz CT molecular complexity index is 2800. The van der Waals surface area contributed by atoms with Crippen LogP contribution in [0.4, 0.5) is 0 Å². The molecule has 0 amide bonds. The second-order valence-corrected chi connectivity index (χ2v) is 31.3. The molecule has 0 aromatic heterocycles. The average molecular weight is 1260 g/mol. The summed E-state index contributed by atoms with van der Waals surface area (Å²) in [5.74, 6) is 0. The van der Waals surface area contributed by atoms with Crippen LogP contribution in [0.3, 0.4) is 0 Å². The molecule has 4 heteroatoms. The number of rotatable bonds is 2. The largest absolute Gasteiger partial charge is 1.00 e. The molecule has 0 radical (unpaired) electrons. The molecule has 4 aliphatic carbocycles. The van der Waals surface area contributed by atoms with Crippen LogP contribution in [0.1, 0.15) is 207 Å². The van der Waals surface area contributed by atoms with Crippen molar-refractivity contribution in [1.29, 1.82) is 0 Å². The third-order valence-corrected chi connectivity index (χ3v) is 16.0. The summed E-state index contributed by atoms with van der Waals surface area (Å²) in [7, 11) is 0. The van der Waals surface area contributed by atoms with Gasteiger partial charge in [-0.05, 0) is 34.8 Å².